The molecule has 0 bridgehead atoms. The van der Waals surface area contributed by atoms with Gasteiger partial charge in [-0.25, -0.2) is 9.97 Å². The lowest BCUT2D eigenvalue weighted by atomic mass is 10.2. The molecule has 1 saturated heterocycles. The second kappa shape index (κ2) is 8.11. The van der Waals surface area contributed by atoms with Crippen LogP contribution in [0.4, 0.5) is 17.3 Å². The molecule has 8 nitrogen and oxygen atoms in total. The van der Waals surface area contributed by atoms with Crippen LogP contribution in [-0.4, -0.2) is 61.2 Å². The average molecular weight is 371 g/mol. The summed E-state index contributed by atoms with van der Waals surface area (Å²) in [6.07, 6.45) is 0. The molecular weight excluding hydrogens is 346 g/mol. The summed E-state index contributed by atoms with van der Waals surface area (Å²) in [6.45, 7) is 6.38. The third-order valence-electron chi connectivity index (χ3n) is 4.54. The van der Waals surface area contributed by atoms with E-state index in [1.54, 1.807) is 21.1 Å². The van der Waals surface area contributed by atoms with Gasteiger partial charge in [-0.2, -0.15) is 0 Å². The Labute approximate surface area is 159 Å². The van der Waals surface area contributed by atoms with Gasteiger partial charge in [0.15, 0.2) is 0 Å². The normalized spacial score (nSPS) is 14.1. The number of piperazine rings is 1. The molecule has 1 N–H and O–H groups in total. The van der Waals surface area contributed by atoms with E-state index in [-0.39, 0.29) is 5.91 Å². The molecule has 0 radical (unpaired) electrons. The van der Waals surface area contributed by atoms with E-state index >= 15 is 0 Å². The molecule has 1 aromatic carbocycles. The second-order valence-corrected chi connectivity index (χ2v) is 6.34. The van der Waals surface area contributed by atoms with Crippen molar-refractivity contribution >= 4 is 23.2 Å². The maximum Gasteiger partial charge on any atom is 0.219 e. The van der Waals surface area contributed by atoms with Gasteiger partial charge in [-0.05, 0) is 19.1 Å². The maximum atomic E-state index is 11.5. The van der Waals surface area contributed by atoms with E-state index in [1.807, 2.05) is 36.1 Å². The van der Waals surface area contributed by atoms with Crippen LogP contribution in [0.25, 0.3) is 0 Å². The minimum absolute atomic E-state index is 0.113. The van der Waals surface area contributed by atoms with Crippen LogP contribution in [0.5, 0.6) is 11.5 Å². The number of nitrogens with zero attached hydrogens (tertiary/aromatic N) is 4. The van der Waals surface area contributed by atoms with Crippen molar-refractivity contribution in [1.29, 1.82) is 0 Å². The van der Waals surface area contributed by atoms with Gasteiger partial charge in [-0.3, -0.25) is 4.79 Å². The zero-order valence-corrected chi connectivity index (χ0v) is 16.2. The van der Waals surface area contributed by atoms with Gasteiger partial charge in [0.1, 0.15) is 29.0 Å². The van der Waals surface area contributed by atoms with Crippen molar-refractivity contribution in [3.05, 3.63) is 30.1 Å². The monoisotopic (exact) mass is 371 g/mol. The van der Waals surface area contributed by atoms with Gasteiger partial charge in [-0.15, -0.1) is 0 Å². The lowest BCUT2D eigenvalue weighted by Gasteiger charge is -2.35. The topological polar surface area (TPSA) is 79.8 Å². The summed E-state index contributed by atoms with van der Waals surface area (Å²) >= 11 is 0. The smallest absolute Gasteiger partial charge is 0.219 e. The zero-order chi connectivity index (χ0) is 19.4. The van der Waals surface area contributed by atoms with E-state index in [9.17, 15) is 4.79 Å². The Morgan fingerprint density at radius 2 is 1.81 bits per heavy atom. The standard InChI is InChI=1S/C19H25N5O3/c1-13-20-18(22-16-6-5-15(26-3)11-17(16)27-4)12-19(21-13)24-9-7-23(8-10-24)14(2)25/h5-6,11-12H,7-10H2,1-4H3,(H,20,21,22). The number of carbonyl (C=O) groups excluding carboxylic acids is 1. The van der Waals surface area contributed by atoms with E-state index in [0.29, 0.717) is 30.5 Å². The second-order valence-electron chi connectivity index (χ2n) is 6.34. The maximum absolute atomic E-state index is 11.5. The minimum Gasteiger partial charge on any atom is -0.497 e. The molecule has 8 heteroatoms. The molecule has 144 valence electrons. The van der Waals surface area contributed by atoms with Crippen molar-refractivity contribution in [1.82, 2.24) is 14.9 Å². The van der Waals surface area contributed by atoms with Gasteiger partial charge in [-0.1, -0.05) is 0 Å². The first-order valence-electron chi connectivity index (χ1n) is 8.85. The highest BCUT2D eigenvalue weighted by molar-refractivity contribution is 5.73. The molecule has 2 aromatic rings. The lowest BCUT2D eigenvalue weighted by molar-refractivity contribution is -0.129. The summed E-state index contributed by atoms with van der Waals surface area (Å²) < 4.78 is 10.7. The molecule has 1 aliphatic rings. The molecule has 0 aliphatic carbocycles. The Hall–Kier alpha value is -3.03. The van der Waals surface area contributed by atoms with Crippen LogP contribution in [0.1, 0.15) is 12.7 Å². The van der Waals surface area contributed by atoms with Crippen LogP contribution >= 0.6 is 0 Å². The molecule has 2 heterocycles. The number of hydrogen-bond donors (Lipinski definition) is 1. The molecule has 0 atom stereocenters. The van der Waals surface area contributed by atoms with Gasteiger partial charge in [0, 0.05) is 45.2 Å². The molecule has 0 spiro atoms. The van der Waals surface area contributed by atoms with Crippen LogP contribution in [0.3, 0.4) is 0 Å². The van der Waals surface area contributed by atoms with E-state index in [0.717, 1.165) is 30.3 Å². The molecule has 0 unspecified atom stereocenters. The summed E-state index contributed by atoms with van der Waals surface area (Å²) in [7, 11) is 3.24. The van der Waals surface area contributed by atoms with Gasteiger partial charge < -0.3 is 24.6 Å². The van der Waals surface area contributed by atoms with Crippen molar-refractivity contribution in [3.8, 4) is 11.5 Å². The predicted molar refractivity (Wildman–Crippen MR) is 104 cm³/mol. The van der Waals surface area contributed by atoms with Gasteiger partial charge in [0.05, 0.1) is 19.9 Å². The summed E-state index contributed by atoms with van der Waals surface area (Å²) in [5.74, 6) is 3.72. The molecule has 27 heavy (non-hydrogen) atoms. The molecule has 0 saturated carbocycles. The van der Waals surface area contributed by atoms with Crippen LogP contribution < -0.4 is 19.7 Å². The summed E-state index contributed by atoms with van der Waals surface area (Å²) in [6, 6.07) is 7.49. The fourth-order valence-electron chi connectivity index (χ4n) is 3.07. The van der Waals surface area contributed by atoms with E-state index in [4.69, 9.17) is 9.47 Å². The predicted octanol–water partition coefficient (Wildman–Crippen LogP) is 2.21. The molecular formula is C19H25N5O3. The Morgan fingerprint density at radius 3 is 2.44 bits per heavy atom. The summed E-state index contributed by atoms with van der Waals surface area (Å²) in [4.78, 5) is 24.6. The van der Waals surface area contributed by atoms with Crippen molar-refractivity contribution in [2.75, 3.05) is 50.6 Å². The van der Waals surface area contributed by atoms with Crippen LogP contribution in [0.2, 0.25) is 0 Å². The lowest BCUT2D eigenvalue weighted by Crippen LogP contribution is -2.48. The van der Waals surface area contributed by atoms with E-state index in [2.05, 4.69) is 20.2 Å². The number of rotatable bonds is 5. The van der Waals surface area contributed by atoms with Crippen molar-refractivity contribution in [2.24, 2.45) is 0 Å². The molecule has 1 aliphatic heterocycles. The van der Waals surface area contributed by atoms with Crippen LogP contribution in [0, 0.1) is 6.92 Å². The first-order chi connectivity index (χ1) is 13.0. The first-order valence-corrected chi connectivity index (χ1v) is 8.85. The summed E-state index contributed by atoms with van der Waals surface area (Å²) in [5.41, 5.74) is 0.795. The van der Waals surface area contributed by atoms with Crippen molar-refractivity contribution < 1.29 is 14.3 Å². The van der Waals surface area contributed by atoms with Crippen LogP contribution in [0.15, 0.2) is 24.3 Å². The number of hydrogen-bond acceptors (Lipinski definition) is 7. The quantitative estimate of drug-likeness (QED) is 0.863. The first kappa shape index (κ1) is 18.8. The van der Waals surface area contributed by atoms with Gasteiger partial charge in [0.25, 0.3) is 0 Å². The molecule has 1 amide bonds. The molecule has 1 fully saturated rings. The number of methoxy groups -OCH3 is 2. The highest BCUT2D eigenvalue weighted by atomic mass is 16.5. The minimum atomic E-state index is 0.113. The third kappa shape index (κ3) is 4.39. The largest absolute Gasteiger partial charge is 0.497 e. The number of benzene rings is 1. The number of aromatic nitrogens is 2. The Bertz CT molecular complexity index is 819. The fraction of sp³-hybridized carbons (Fsp3) is 0.421. The van der Waals surface area contributed by atoms with Gasteiger partial charge >= 0.3 is 0 Å². The molecule has 3 rings (SSSR count). The number of aryl methyl sites for hydroxylation is 1. The Balaban J connectivity index is 1.79. The highest BCUT2D eigenvalue weighted by Gasteiger charge is 2.20. The number of carbonyl (C=O) groups is 1. The SMILES string of the molecule is COc1ccc(Nc2cc(N3CCN(C(C)=O)CC3)nc(C)n2)c(OC)c1. The summed E-state index contributed by atoms with van der Waals surface area (Å²) in [5, 5.41) is 3.30. The molecule has 1 aromatic heterocycles. The Morgan fingerprint density at radius 1 is 1.07 bits per heavy atom. The van der Waals surface area contributed by atoms with Crippen molar-refractivity contribution in [2.45, 2.75) is 13.8 Å². The van der Waals surface area contributed by atoms with E-state index in [1.165, 1.54) is 0 Å². The number of anilines is 3. The Kier molecular flexibility index (Phi) is 5.63. The number of ether oxygens (including phenoxy) is 2. The number of nitrogens with one attached hydrogen (secondary N) is 1. The van der Waals surface area contributed by atoms with Gasteiger partial charge in [0.2, 0.25) is 5.91 Å². The van der Waals surface area contributed by atoms with E-state index < -0.39 is 0 Å². The third-order valence-corrected chi connectivity index (χ3v) is 4.54. The average Bonchev–Trinajstić information content (AvgIpc) is 2.68. The fourth-order valence-corrected chi connectivity index (χ4v) is 3.07. The number of amides is 1. The van der Waals surface area contributed by atoms with Crippen LogP contribution in [-0.2, 0) is 4.79 Å². The van der Waals surface area contributed by atoms with Crippen molar-refractivity contribution in [3.63, 3.8) is 0 Å². The highest BCUT2D eigenvalue weighted by Crippen LogP contribution is 2.31. The zero-order valence-electron chi connectivity index (χ0n) is 16.2.